The average molecular weight is 1380 g/mol. The molecule has 1 aromatic carbocycles. The minimum absolute atomic E-state index is 0.000132. The second kappa shape index (κ2) is 31.3. The van der Waals surface area contributed by atoms with E-state index in [1.807, 2.05) is 29.5 Å². The second-order valence-corrected chi connectivity index (χ2v) is 27.7. The van der Waals surface area contributed by atoms with E-state index >= 15 is 0 Å². The third kappa shape index (κ3) is 16.5. The van der Waals surface area contributed by atoms with E-state index in [2.05, 4.69) is 55.2 Å². The van der Waals surface area contributed by atoms with Crippen molar-refractivity contribution < 1.29 is 102 Å². The number of carbonyl (C=O) groups excluding carboxylic acids is 3. The van der Waals surface area contributed by atoms with Crippen molar-refractivity contribution in [3.63, 3.8) is 0 Å². The highest BCUT2D eigenvalue weighted by Gasteiger charge is 2.52. The van der Waals surface area contributed by atoms with Crippen LogP contribution in [0.15, 0.2) is 34.9 Å². The lowest BCUT2D eigenvalue weighted by molar-refractivity contribution is -0.336. The number of allylic oxidation sites excluding steroid dienone is 2. The quantitative estimate of drug-likeness (QED) is 0.0216. The molecule has 0 amide bonds. The van der Waals surface area contributed by atoms with Crippen molar-refractivity contribution in [2.45, 2.75) is 201 Å². The minimum Gasteiger partial charge on any atom is -0.492 e. The zero-order valence-corrected chi connectivity index (χ0v) is 55.1. The van der Waals surface area contributed by atoms with Gasteiger partial charge in [-0.1, -0.05) is 90.8 Å². The molecule has 0 aromatic heterocycles. The Kier molecular flexibility index (Phi) is 25.6. The van der Waals surface area contributed by atoms with E-state index in [1.54, 1.807) is 51.7 Å². The zero-order valence-electron chi connectivity index (χ0n) is 50.4. The minimum atomic E-state index is -2.03. The molecule has 0 unspecified atom stereocenters. The smallest absolute Gasteiger partial charge is 0.310 e. The summed E-state index contributed by atoms with van der Waals surface area (Å²) in [6.07, 6.45) is -13.0. The predicted molar refractivity (Wildman–Crippen MR) is 327 cm³/mol. The number of methoxy groups -OCH3 is 5. The van der Waals surface area contributed by atoms with Gasteiger partial charge in [0.05, 0.1) is 97.8 Å². The Morgan fingerprint density at radius 2 is 1.58 bits per heavy atom. The van der Waals surface area contributed by atoms with Crippen LogP contribution in [0.25, 0.3) is 0 Å². The first-order valence-corrected chi connectivity index (χ1v) is 32.5. The Morgan fingerprint density at radius 3 is 2.23 bits per heavy atom. The van der Waals surface area contributed by atoms with Gasteiger partial charge < -0.3 is 87.7 Å². The first-order valence-electron chi connectivity index (χ1n) is 28.2. The summed E-state index contributed by atoms with van der Waals surface area (Å²) >= 11 is 2.83. The Labute approximate surface area is 528 Å². The molecule has 23 nitrogen and oxygen atoms in total. The van der Waals surface area contributed by atoms with Crippen LogP contribution in [0, 0.1) is 34.2 Å². The molecular formula is C59H81IN2O21S3. The Balaban J connectivity index is 1.13. The number of thioether (sulfide) groups is 1. The SMILES string of the molecule is CCN[C@H]1CO[C@@H](O[C@H]2[C@H](O[C@H]3C#C/C=C\C#C[C@]4(O)CC(=O)C(CC(=O)OC)=C3/C4=C\CSSC(C)(C)C)O[C@H](C)[C@@H](NO[C@H]3C[C@H](O)[C@H](SC(=O)c4c(C)c(I)c(O[C@@H]5O[C@@H](C)[C@H](O)[C@@H](OC)[C@H]5O)c(OC)c4OC)[C@@H](C)O3)[C@@H]2O)C[C@@H]1OC. The normalized spacial score (nSPS) is 35.6. The van der Waals surface area contributed by atoms with Crippen LogP contribution >= 0.6 is 55.9 Å². The Morgan fingerprint density at radius 1 is 0.872 bits per heavy atom. The number of aliphatic hydroxyl groups is 5. The van der Waals surface area contributed by atoms with Crippen molar-refractivity contribution >= 4 is 72.8 Å². The van der Waals surface area contributed by atoms with Gasteiger partial charge in [-0.3, -0.25) is 19.2 Å². The van der Waals surface area contributed by atoms with Crippen molar-refractivity contribution in [2.24, 2.45) is 0 Å². The number of likely N-dealkylation sites (N-methyl/N-ethyl adjacent to an activating group) is 1. The number of hydroxylamine groups is 1. The van der Waals surface area contributed by atoms with Gasteiger partial charge in [0.1, 0.15) is 36.6 Å². The number of fused-ring (bicyclic) bond motifs is 2. The van der Waals surface area contributed by atoms with E-state index in [-0.39, 0.29) is 75.9 Å². The number of ether oxygens (including phenoxy) is 12. The van der Waals surface area contributed by atoms with Crippen molar-refractivity contribution in [1.82, 2.24) is 10.8 Å². The van der Waals surface area contributed by atoms with Gasteiger partial charge in [-0.2, -0.15) is 5.48 Å². The summed E-state index contributed by atoms with van der Waals surface area (Å²) in [7, 11) is 10.0. The molecule has 86 heavy (non-hydrogen) atoms. The molecule has 4 saturated heterocycles. The maximum atomic E-state index is 14.5. The lowest BCUT2D eigenvalue weighted by Crippen LogP contribution is -2.65. The topological polar surface area (TPSA) is 296 Å². The standard InChI is InChI=1S/C59H81IN2O21S3/c1-14-61-34-27-76-40(25-38(34)71-9)81-52-47(67)45(29(3)78-57(52)80-37-19-17-15-16-18-21-59(70)26-36(64)32(23-39(65)72-10)43(37)33(59)20-22-84-86-58(6,7)8)62-83-41-24-35(63)54(31(5)77-41)85-55(69)42-28(2)44(60)50(53(75-13)49(42)73-11)82-56-48(68)51(74-12)46(66)30(4)79-56/h15-16,20,29-31,34-35,37-38,40-41,45-48,51-52,54,56-57,61-63,66-68,70H,14,22-27H2,1-13H3/b16-15-,33-20+/t29-,30+,31-,34+,35+,37+,38+,40+,41+,45-,46+,47+,48-,51-,52-,54-,56+,57+,59+/m1/s1. The van der Waals surface area contributed by atoms with Crippen molar-refractivity contribution in [3.05, 3.63) is 49.6 Å². The molecule has 4 aliphatic heterocycles. The van der Waals surface area contributed by atoms with Crippen LogP contribution < -0.4 is 25.0 Å². The number of nitrogens with one attached hydrogen (secondary N) is 2. The largest absolute Gasteiger partial charge is 0.492 e. The van der Waals surface area contributed by atoms with E-state index in [0.717, 1.165) is 11.8 Å². The summed E-state index contributed by atoms with van der Waals surface area (Å²) < 4.78 is 72.8. The summed E-state index contributed by atoms with van der Waals surface area (Å²) in [6.45, 7) is 15.7. The number of benzene rings is 1. The number of ketones is 1. The summed E-state index contributed by atoms with van der Waals surface area (Å²) in [5.74, 6) is 10.9. The van der Waals surface area contributed by atoms with E-state index in [9.17, 15) is 39.9 Å². The first-order chi connectivity index (χ1) is 40.8. The van der Waals surface area contributed by atoms with Crippen LogP contribution in [0.5, 0.6) is 17.2 Å². The van der Waals surface area contributed by atoms with Gasteiger partial charge in [-0.05, 0) is 74.5 Å². The van der Waals surface area contributed by atoms with E-state index in [0.29, 0.717) is 21.4 Å². The van der Waals surface area contributed by atoms with Gasteiger partial charge in [0.2, 0.25) is 17.2 Å². The number of aliphatic hydroxyl groups excluding tert-OH is 4. The maximum absolute atomic E-state index is 14.5. The van der Waals surface area contributed by atoms with Gasteiger partial charge in [-0.25, -0.2) is 0 Å². The van der Waals surface area contributed by atoms with Crippen LogP contribution in [0.1, 0.15) is 90.1 Å². The van der Waals surface area contributed by atoms with Gasteiger partial charge >= 0.3 is 5.97 Å². The van der Waals surface area contributed by atoms with Crippen LogP contribution in [0.4, 0.5) is 0 Å². The zero-order chi connectivity index (χ0) is 62.9. The molecule has 7 rings (SSSR count). The fraction of sp³-hybridized carbons (Fsp3) is 0.678. The number of Topliss-reactive ketones (excluding diaryl/α,β-unsaturated/α-hetero) is 1. The molecule has 19 atom stereocenters. The highest BCUT2D eigenvalue weighted by atomic mass is 127. The average Bonchev–Trinajstić information content (AvgIpc) is 0.894. The first kappa shape index (κ1) is 70.4. The van der Waals surface area contributed by atoms with Crippen LogP contribution in [-0.2, 0) is 57.1 Å². The molecule has 1 aromatic rings. The summed E-state index contributed by atoms with van der Waals surface area (Å²) in [4.78, 5) is 47.9. The van der Waals surface area contributed by atoms with Crippen LogP contribution in [-0.4, -0.2) is 217 Å². The molecule has 478 valence electrons. The number of rotatable bonds is 22. The lowest BCUT2D eigenvalue weighted by atomic mass is 9.72. The number of halogens is 1. The van der Waals surface area contributed by atoms with Gasteiger partial charge in [0, 0.05) is 54.3 Å². The van der Waals surface area contributed by atoms with Crippen molar-refractivity contribution in [1.29, 1.82) is 0 Å². The molecule has 4 heterocycles. The molecule has 6 aliphatic rings. The second-order valence-electron chi connectivity index (χ2n) is 22.3. The molecule has 0 radical (unpaired) electrons. The van der Waals surface area contributed by atoms with Gasteiger partial charge in [0.25, 0.3) is 0 Å². The van der Waals surface area contributed by atoms with E-state index < -0.39 is 133 Å². The number of hydrogen-bond acceptors (Lipinski definition) is 26. The van der Waals surface area contributed by atoms with Crippen LogP contribution in [0.2, 0.25) is 0 Å². The predicted octanol–water partition coefficient (Wildman–Crippen LogP) is 3.97. The highest BCUT2D eigenvalue weighted by molar-refractivity contribution is 14.1. The highest BCUT2D eigenvalue weighted by Crippen LogP contribution is 2.49. The third-order valence-corrected chi connectivity index (χ3v) is 21.1. The summed E-state index contributed by atoms with van der Waals surface area (Å²) in [5.41, 5.74) is 1.78. The molecule has 2 bridgehead atoms. The maximum Gasteiger partial charge on any atom is 0.310 e. The molecule has 7 N–H and O–H groups in total. The monoisotopic (exact) mass is 1380 g/mol. The van der Waals surface area contributed by atoms with E-state index in [4.69, 9.17) is 61.7 Å². The molecule has 0 saturated carbocycles. The van der Waals surface area contributed by atoms with Crippen LogP contribution in [0.3, 0.4) is 0 Å². The van der Waals surface area contributed by atoms with E-state index in [1.165, 1.54) is 51.4 Å². The number of carbonyl (C=O) groups is 3. The van der Waals surface area contributed by atoms with Crippen molar-refractivity contribution in [3.8, 4) is 40.9 Å². The molecule has 4 fully saturated rings. The lowest BCUT2D eigenvalue weighted by Gasteiger charge is -2.46. The van der Waals surface area contributed by atoms with Crippen molar-refractivity contribution in [2.75, 3.05) is 54.5 Å². The van der Waals surface area contributed by atoms with Gasteiger partial charge in [-0.15, -0.1) is 0 Å². The fourth-order valence-electron chi connectivity index (χ4n) is 10.8. The number of esters is 1. The fourth-order valence-corrected chi connectivity index (χ4v) is 14.7. The molecular weight excluding hydrogens is 1300 g/mol. The third-order valence-electron chi connectivity index (χ3n) is 15.2. The summed E-state index contributed by atoms with van der Waals surface area (Å²) in [5, 5.41) is 60.4. The molecule has 27 heteroatoms. The molecule has 0 spiro atoms. The van der Waals surface area contributed by atoms with Gasteiger partial charge in [0.15, 0.2) is 41.8 Å². The Hall–Kier alpha value is -3.09. The number of hydrogen-bond donors (Lipinski definition) is 7. The Bertz CT molecular complexity index is 2790. The molecule has 2 aliphatic carbocycles. The summed E-state index contributed by atoms with van der Waals surface area (Å²) in [6, 6.07) is -1.25.